The molecule has 0 amide bonds. The van der Waals surface area contributed by atoms with E-state index >= 15 is 0 Å². The molecule has 4 aromatic rings. The molecule has 4 N–H and O–H groups in total. The van der Waals surface area contributed by atoms with E-state index in [1.807, 2.05) is 0 Å². The first kappa shape index (κ1) is 24.4. The van der Waals surface area contributed by atoms with Crippen molar-refractivity contribution >= 4 is 32.7 Å². The Morgan fingerprint density at radius 2 is 1.51 bits per heavy atom. The molecule has 1 aromatic heterocycles. The third-order valence-electron chi connectivity index (χ3n) is 5.03. The summed E-state index contributed by atoms with van der Waals surface area (Å²) in [4.78, 5) is 8.55. The summed E-state index contributed by atoms with van der Waals surface area (Å²) in [5.74, 6) is -0.351. The van der Waals surface area contributed by atoms with Gasteiger partial charge >= 0.3 is 6.18 Å². The second-order valence-corrected chi connectivity index (χ2v) is 9.21. The van der Waals surface area contributed by atoms with E-state index in [0.717, 1.165) is 0 Å². The van der Waals surface area contributed by atoms with Crippen LogP contribution in [0.5, 0.6) is 0 Å². The molecule has 0 unspecified atom stereocenters. The van der Waals surface area contributed by atoms with E-state index in [1.165, 1.54) is 24.3 Å². The molecule has 12 heteroatoms. The summed E-state index contributed by atoms with van der Waals surface area (Å²) in [6.45, 7) is -1.11. The third-order valence-corrected chi connectivity index (χ3v) is 5.96. The van der Waals surface area contributed by atoms with Crippen LogP contribution in [0.1, 0.15) is 5.56 Å². The van der Waals surface area contributed by atoms with Gasteiger partial charge in [0, 0.05) is 11.9 Å². The van der Waals surface area contributed by atoms with Gasteiger partial charge in [-0.15, -0.1) is 0 Å². The summed E-state index contributed by atoms with van der Waals surface area (Å²) >= 11 is 0. The quantitative estimate of drug-likeness (QED) is 0.315. The lowest BCUT2D eigenvalue weighted by Crippen LogP contribution is -2.22. The molecule has 0 saturated heterocycles. The third kappa shape index (κ3) is 6.22. The molecule has 0 aliphatic carbocycles. The number of alkyl halides is 3. The monoisotopic (exact) mass is 505 g/mol. The van der Waals surface area contributed by atoms with Gasteiger partial charge in [-0.25, -0.2) is 22.9 Å². The maximum atomic E-state index is 13.3. The molecule has 0 spiro atoms. The minimum Gasteiger partial charge on any atom is -0.360 e. The van der Waals surface area contributed by atoms with Crippen LogP contribution in [0.3, 0.4) is 0 Å². The van der Waals surface area contributed by atoms with E-state index < -0.39 is 28.6 Å². The van der Waals surface area contributed by atoms with Gasteiger partial charge in [0.25, 0.3) is 0 Å². The van der Waals surface area contributed by atoms with E-state index in [0.29, 0.717) is 27.6 Å². The first-order valence-electron chi connectivity index (χ1n) is 10.2. The molecule has 1 heterocycles. The van der Waals surface area contributed by atoms with Gasteiger partial charge in [0.15, 0.2) is 0 Å². The molecule has 4 rings (SSSR count). The number of hydrogen-bond donors (Lipinski definition) is 3. The Bertz CT molecular complexity index is 1460. The van der Waals surface area contributed by atoms with Gasteiger partial charge < -0.3 is 10.6 Å². The van der Waals surface area contributed by atoms with Crippen molar-refractivity contribution in [2.45, 2.75) is 17.6 Å². The predicted molar refractivity (Wildman–Crippen MR) is 125 cm³/mol. The number of fused-ring (bicyclic) bond motifs is 1. The number of hydrogen-bond acceptors (Lipinski definition) is 6. The van der Waals surface area contributed by atoms with Gasteiger partial charge in [0.1, 0.15) is 18.2 Å². The van der Waals surface area contributed by atoms with E-state index in [-0.39, 0.29) is 23.2 Å². The Morgan fingerprint density at radius 1 is 0.857 bits per heavy atom. The standard InChI is InChI=1S/C23H19F4N5O2S/c24-17-6-3-15(4-7-17)16-5-10-20-19(11-16)21(30-13-23(25,26)27)32-22(31-20)29-12-14-1-8-18(9-2-14)35(28,33)34/h1-11H,12-13H2,(H2,28,33,34)(H2,29,30,31,32). The molecule has 7 nitrogen and oxygen atoms in total. The topological polar surface area (TPSA) is 110 Å². The lowest BCUT2D eigenvalue weighted by molar-refractivity contribution is -0.115. The van der Waals surface area contributed by atoms with Gasteiger partial charge in [-0.1, -0.05) is 30.3 Å². The first-order valence-corrected chi connectivity index (χ1v) is 11.8. The van der Waals surface area contributed by atoms with Gasteiger partial charge in [0.2, 0.25) is 16.0 Å². The number of halogens is 4. The zero-order valence-electron chi connectivity index (χ0n) is 18.0. The fourth-order valence-electron chi connectivity index (χ4n) is 3.33. The molecule has 0 atom stereocenters. The summed E-state index contributed by atoms with van der Waals surface area (Å²) in [6.07, 6.45) is -4.47. The highest BCUT2D eigenvalue weighted by Crippen LogP contribution is 2.29. The maximum Gasteiger partial charge on any atom is 0.405 e. The number of sulfonamides is 1. The van der Waals surface area contributed by atoms with Crippen molar-refractivity contribution in [2.24, 2.45) is 5.14 Å². The largest absolute Gasteiger partial charge is 0.405 e. The minimum absolute atomic E-state index is 0.0247. The number of nitrogens with zero attached hydrogens (tertiary/aromatic N) is 2. The fraction of sp³-hybridized carbons (Fsp3) is 0.130. The molecular formula is C23H19F4N5O2S. The number of rotatable bonds is 7. The van der Waals surface area contributed by atoms with E-state index in [9.17, 15) is 26.0 Å². The highest BCUT2D eigenvalue weighted by Gasteiger charge is 2.27. The van der Waals surface area contributed by atoms with Crippen molar-refractivity contribution in [3.8, 4) is 11.1 Å². The summed E-state index contributed by atoms with van der Waals surface area (Å²) in [7, 11) is -3.82. The molecule has 0 saturated carbocycles. The second kappa shape index (κ2) is 9.47. The molecule has 182 valence electrons. The van der Waals surface area contributed by atoms with Crippen LogP contribution < -0.4 is 15.8 Å². The Hall–Kier alpha value is -3.77. The molecule has 3 aromatic carbocycles. The lowest BCUT2D eigenvalue weighted by atomic mass is 10.0. The van der Waals surface area contributed by atoms with Crippen molar-refractivity contribution in [1.29, 1.82) is 0 Å². The molecular weight excluding hydrogens is 486 g/mol. The van der Waals surface area contributed by atoms with Crippen molar-refractivity contribution in [1.82, 2.24) is 9.97 Å². The van der Waals surface area contributed by atoms with Crippen LogP contribution in [0.4, 0.5) is 29.3 Å². The van der Waals surface area contributed by atoms with Gasteiger partial charge in [0.05, 0.1) is 10.4 Å². The zero-order valence-corrected chi connectivity index (χ0v) is 18.8. The smallest absolute Gasteiger partial charge is 0.360 e. The Kier molecular flexibility index (Phi) is 6.59. The van der Waals surface area contributed by atoms with E-state index in [1.54, 1.807) is 42.5 Å². The van der Waals surface area contributed by atoms with Crippen molar-refractivity contribution in [3.63, 3.8) is 0 Å². The summed E-state index contributed by atoms with van der Waals surface area (Å²) in [6, 6.07) is 16.5. The second-order valence-electron chi connectivity index (χ2n) is 7.65. The average molecular weight is 505 g/mol. The lowest BCUT2D eigenvalue weighted by Gasteiger charge is -2.14. The first-order chi connectivity index (χ1) is 16.5. The molecule has 0 radical (unpaired) electrons. The van der Waals surface area contributed by atoms with Crippen LogP contribution >= 0.6 is 0 Å². The molecule has 0 bridgehead atoms. The van der Waals surface area contributed by atoms with E-state index in [2.05, 4.69) is 20.6 Å². The van der Waals surface area contributed by atoms with Crippen LogP contribution in [0.2, 0.25) is 0 Å². The summed E-state index contributed by atoms with van der Waals surface area (Å²) in [5, 5.41) is 10.7. The molecule has 0 aliphatic rings. The van der Waals surface area contributed by atoms with Crippen molar-refractivity contribution < 1.29 is 26.0 Å². The van der Waals surface area contributed by atoms with Crippen LogP contribution in [-0.4, -0.2) is 31.1 Å². The summed E-state index contributed by atoms with van der Waals surface area (Å²) in [5.41, 5.74) is 2.41. The van der Waals surface area contributed by atoms with Crippen molar-refractivity contribution in [3.05, 3.63) is 78.1 Å². The molecule has 0 aliphatic heterocycles. The van der Waals surface area contributed by atoms with Crippen molar-refractivity contribution in [2.75, 3.05) is 17.2 Å². The van der Waals surface area contributed by atoms with Gasteiger partial charge in [-0.2, -0.15) is 18.2 Å². The van der Waals surface area contributed by atoms with Crippen LogP contribution in [0, 0.1) is 5.82 Å². The zero-order chi connectivity index (χ0) is 25.2. The average Bonchev–Trinajstić information content (AvgIpc) is 2.80. The number of aromatic nitrogens is 2. The van der Waals surface area contributed by atoms with Gasteiger partial charge in [-0.05, 0) is 53.1 Å². The highest BCUT2D eigenvalue weighted by atomic mass is 32.2. The number of nitrogens with one attached hydrogen (secondary N) is 2. The Labute approximate surface area is 198 Å². The number of benzene rings is 3. The molecule has 0 fully saturated rings. The van der Waals surface area contributed by atoms with Crippen LogP contribution in [0.15, 0.2) is 71.6 Å². The number of primary sulfonamides is 1. The number of anilines is 2. The Balaban J connectivity index is 1.65. The summed E-state index contributed by atoms with van der Waals surface area (Å²) < 4.78 is 74.7. The molecule has 35 heavy (non-hydrogen) atoms. The predicted octanol–water partition coefficient (Wildman–Crippen LogP) is 4.67. The van der Waals surface area contributed by atoms with Gasteiger partial charge in [-0.3, -0.25) is 0 Å². The Morgan fingerprint density at radius 3 is 2.14 bits per heavy atom. The van der Waals surface area contributed by atoms with Crippen LogP contribution in [-0.2, 0) is 16.6 Å². The normalized spacial score (nSPS) is 12.0. The minimum atomic E-state index is -4.47. The highest BCUT2D eigenvalue weighted by molar-refractivity contribution is 7.89. The van der Waals surface area contributed by atoms with E-state index in [4.69, 9.17) is 5.14 Å². The SMILES string of the molecule is NS(=O)(=O)c1ccc(CNc2nc(NCC(F)(F)F)c3cc(-c4ccc(F)cc4)ccc3n2)cc1. The van der Waals surface area contributed by atoms with Crippen LogP contribution in [0.25, 0.3) is 22.0 Å². The number of nitrogens with two attached hydrogens (primary N) is 1. The fourth-order valence-corrected chi connectivity index (χ4v) is 3.84. The maximum absolute atomic E-state index is 13.3.